The van der Waals surface area contributed by atoms with Gasteiger partial charge in [-0.1, -0.05) is 30.3 Å². The Balaban J connectivity index is 1.45. The Morgan fingerprint density at radius 1 is 1.13 bits per heavy atom. The van der Waals surface area contributed by atoms with Crippen molar-refractivity contribution in [2.24, 2.45) is 0 Å². The fourth-order valence-electron chi connectivity index (χ4n) is 3.39. The predicted molar refractivity (Wildman–Crippen MR) is 114 cm³/mol. The molecule has 0 radical (unpaired) electrons. The standard InChI is InChI=1S/C21H31N7O3/c1-21(2,3)31-20(30)27-13-11-26(12-14-27)10-9-22-19(29)18(28-16-23-24-25-28)15-17-7-5-4-6-8-17/h4-8,16,18H,9-15H2,1-3H3,(H,22,29). The van der Waals surface area contributed by atoms with Gasteiger partial charge in [0.05, 0.1) is 0 Å². The molecule has 1 aliphatic rings. The zero-order valence-corrected chi connectivity index (χ0v) is 18.4. The number of carbonyl (C=O) groups excluding carboxylic acids is 2. The lowest BCUT2D eigenvalue weighted by Gasteiger charge is -2.35. The van der Waals surface area contributed by atoms with Crippen LogP contribution >= 0.6 is 0 Å². The van der Waals surface area contributed by atoms with Gasteiger partial charge in [-0.15, -0.1) is 5.10 Å². The Morgan fingerprint density at radius 3 is 2.45 bits per heavy atom. The molecule has 0 spiro atoms. The summed E-state index contributed by atoms with van der Waals surface area (Å²) in [5.74, 6) is -0.122. The van der Waals surface area contributed by atoms with Gasteiger partial charge in [-0.25, -0.2) is 9.48 Å². The van der Waals surface area contributed by atoms with E-state index in [2.05, 4.69) is 25.7 Å². The second-order valence-electron chi connectivity index (χ2n) is 8.60. The summed E-state index contributed by atoms with van der Waals surface area (Å²) in [6.45, 7) is 9.54. The van der Waals surface area contributed by atoms with Crippen LogP contribution in [0.15, 0.2) is 36.7 Å². The van der Waals surface area contributed by atoms with Crippen LogP contribution in [0, 0.1) is 0 Å². The van der Waals surface area contributed by atoms with Gasteiger partial charge in [-0.2, -0.15) is 0 Å². The van der Waals surface area contributed by atoms with Gasteiger partial charge in [0.25, 0.3) is 0 Å². The van der Waals surface area contributed by atoms with E-state index >= 15 is 0 Å². The Morgan fingerprint density at radius 2 is 1.84 bits per heavy atom. The van der Waals surface area contributed by atoms with Crippen molar-refractivity contribution in [1.82, 2.24) is 35.3 Å². The number of rotatable bonds is 7. The minimum atomic E-state index is -0.513. The van der Waals surface area contributed by atoms with Crippen LogP contribution in [-0.2, 0) is 16.0 Å². The van der Waals surface area contributed by atoms with Gasteiger partial charge in [0.15, 0.2) is 0 Å². The summed E-state index contributed by atoms with van der Waals surface area (Å²) in [4.78, 5) is 29.0. The topological polar surface area (TPSA) is 105 Å². The normalized spacial score (nSPS) is 16.0. The Kier molecular flexibility index (Phi) is 7.56. The number of tetrazole rings is 1. The van der Waals surface area contributed by atoms with Crippen molar-refractivity contribution in [1.29, 1.82) is 0 Å². The number of nitrogens with one attached hydrogen (secondary N) is 1. The average molecular weight is 430 g/mol. The number of piperazine rings is 1. The van der Waals surface area contributed by atoms with E-state index in [0.717, 1.165) is 18.7 Å². The second-order valence-corrected chi connectivity index (χ2v) is 8.60. The molecule has 0 saturated carbocycles. The summed E-state index contributed by atoms with van der Waals surface area (Å²) < 4.78 is 6.92. The van der Waals surface area contributed by atoms with Crippen molar-refractivity contribution in [3.05, 3.63) is 42.2 Å². The van der Waals surface area contributed by atoms with Gasteiger partial charge in [-0.3, -0.25) is 9.69 Å². The zero-order chi connectivity index (χ0) is 22.3. The fourth-order valence-corrected chi connectivity index (χ4v) is 3.39. The molecular weight excluding hydrogens is 398 g/mol. The highest BCUT2D eigenvalue weighted by molar-refractivity contribution is 5.80. The third kappa shape index (κ3) is 7.02. The van der Waals surface area contributed by atoms with Crippen LogP contribution in [0.3, 0.4) is 0 Å². The van der Waals surface area contributed by atoms with Crippen molar-refractivity contribution in [2.45, 2.75) is 38.8 Å². The third-order valence-corrected chi connectivity index (χ3v) is 5.01. The second kappa shape index (κ2) is 10.3. The summed E-state index contributed by atoms with van der Waals surface area (Å²) in [6, 6.07) is 9.28. The molecule has 0 bridgehead atoms. The van der Waals surface area contributed by atoms with Gasteiger partial charge in [-0.05, 0) is 36.8 Å². The quantitative estimate of drug-likeness (QED) is 0.703. The minimum absolute atomic E-state index is 0.122. The van der Waals surface area contributed by atoms with E-state index in [-0.39, 0.29) is 12.0 Å². The molecule has 2 aromatic rings. The molecule has 1 aromatic heterocycles. The van der Waals surface area contributed by atoms with E-state index in [9.17, 15) is 9.59 Å². The Bertz CT molecular complexity index is 828. The molecule has 1 N–H and O–H groups in total. The molecule has 0 aliphatic carbocycles. The lowest BCUT2D eigenvalue weighted by molar-refractivity contribution is -0.124. The molecule has 1 atom stereocenters. The molecule has 1 aromatic carbocycles. The number of benzene rings is 1. The highest BCUT2D eigenvalue weighted by atomic mass is 16.6. The van der Waals surface area contributed by atoms with Crippen molar-refractivity contribution >= 4 is 12.0 Å². The van der Waals surface area contributed by atoms with Crippen molar-refractivity contribution in [3.63, 3.8) is 0 Å². The minimum Gasteiger partial charge on any atom is -0.444 e. The Hall–Kier alpha value is -3.01. The van der Waals surface area contributed by atoms with Crippen molar-refractivity contribution in [3.8, 4) is 0 Å². The van der Waals surface area contributed by atoms with Gasteiger partial charge in [0.2, 0.25) is 5.91 Å². The fraction of sp³-hybridized carbons (Fsp3) is 0.571. The lowest BCUT2D eigenvalue weighted by atomic mass is 10.1. The summed E-state index contributed by atoms with van der Waals surface area (Å²) in [5.41, 5.74) is 0.547. The molecule has 1 unspecified atom stereocenters. The van der Waals surface area contributed by atoms with Gasteiger partial charge >= 0.3 is 6.09 Å². The molecule has 3 rings (SSSR count). The molecular formula is C21H31N7O3. The molecule has 10 heteroatoms. The average Bonchev–Trinajstić information content (AvgIpc) is 3.26. The van der Waals surface area contributed by atoms with Crippen LogP contribution in [0.4, 0.5) is 4.79 Å². The highest BCUT2D eigenvalue weighted by Crippen LogP contribution is 2.14. The van der Waals surface area contributed by atoms with E-state index in [1.807, 2.05) is 51.1 Å². The van der Waals surface area contributed by atoms with Crippen LogP contribution in [0.5, 0.6) is 0 Å². The van der Waals surface area contributed by atoms with Crippen LogP contribution in [0.25, 0.3) is 0 Å². The van der Waals surface area contributed by atoms with Gasteiger partial charge < -0.3 is 15.0 Å². The van der Waals surface area contributed by atoms with Gasteiger partial charge in [0, 0.05) is 45.7 Å². The number of aromatic nitrogens is 4. The first-order chi connectivity index (χ1) is 14.8. The van der Waals surface area contributed by atoms with E-state index in [0.29, 0.717) is 32.6 Å². The maximum Gasteiger partial charge on any atom is 0.410 e. The van der Waals surface area contributed by atoms with Crippen LogP contribution in [-0.4, -0.2) is 86.9 Å². The first-order valence-electron chi connectivity index (χ1n) is 10.6. The molecule has 1 aliphatic heterocycles. The number of ether oxygens (including phenoxy) is 1. The summed E-state index contributed by atoms with van der Waals surface area (Å²) in [7, 11) is 0. The predicted octanol–water partition coefficient (Wildman–Crippen LogP) is 1.13. The van der Waals surface area contributed by atoms with Gasteiger partial charge in [0.1, 0.15) is 18.0 Å². The maximum absolute atomic E-state index is 12.8. The molecule has 31 heavy (non-hydrogen) atoms. The van der Waals surface area contributed by atoms with E-state index in [4.69, 9.17) is 4.74 Å². The van der Waals surface area contributed by atoms with E-state index in [1.165, 1.54) is 11.0 Å². The van der Waals surface area contributed by atoms with E-state index in [1.54, 1.807) is 4.90 Å². The first-order valence-corrected chi connectivity index (χ1v) is 10.6. The lowest BCUT2D eigenvalue weighted by Crippen LogP contribution is -2.51. The first kappa shape index (κ1) is 22.7. The van der Waals surface area contributed by atoms with Crippen molar-refractivity contribution < 1.29 is 14.3 Å². The third-order valence-electron chi connectivity index (χ3n) is 5.01. The smallest absolute Gasteiger partial charge is 0.410 e. The number of hydrogen-bond acceptors (Lipinski definition) is 7. The highest BCUT2D eigenvalue weighted by Gasteiger charge is 2.26. The van der Waals surface area contributed by atoms with Crippen LogP contribution < -0.4 is 5.32 Å². The number of nitrogens with zero attached hydrogens (tertiary/aromatic N) is 6. The van der Waals surface area contributed by atoms with Crippen LogP contribution in [0.1, 0.15) is 32.4 Å². The number of hydrogen-bond donors (Lipinski definition) is 1. The van der Waals surface area contributed by atoms with Crippen molar-refractivity contribution in [2.75, 3.05) is 39.3 Å². The number of amides is 2. The molecule has 2 amide bonds. The van der Waals surface area contributed by atoms with E-state index < -0.39 is 11.6 Å². The van der Waals surface area contributed by atoms with Crippen LogP contribution in [0.2, 0.25) is 0 Å². The number of carbonyl (C=O) groups is 2. The zero-order valence-electron chi connectivity index (χ0n) is 18.4. The maximum atomic E-state index is 12.8. The summed E-state index contributed by atoms with van der Waals surface area (Å²) >= 11 is 0. The molecule has 2 heterocycles. The molecule has 1 saturated heterocycles. The summed E-state index contributed by atoms with van der Waals surface area (Å²) in [5, 5.41) is 14.3. The molecule has 10 nitrogen and oxygen atoms in total. The molecule has 168 valence electrons. The monoisotopic (exact) mass is 429 g/mol. The SMILES string of the molecule is CC(C)(C)OC(=O)N1CCN(CCNC(=O)C(Cc2ccccc2)n2cnnn2)CC1. The summed E-state index contributed by atoms with van der Waals surface area (Å²) in [6.07, 6.45) is 1.70. The Labute approximate surface area is 182 Å². The molecule has 1 fully saturated rings. The largest absolute Gasteiger partial charge is 0.444 e.